The fourth-order valence-corrected chi connectivity index (χ4v) is 1.16. The predicted octanol–water partition coefficient (Wildman–Crippen LogP) is 2.83. The van der Waals surface area contributed by atoms with E-state index in [-0.39, 0.29) is 0 Å². The van der Waals surface area contributed by atoms with Crippen molar-refractivity contribution in [3.63, 3.8) is 0 Å². The molecule has 12 heavy (non-hydrogen) atoms. The van der Waals surface area contributed by atoms with E-state index in [1.165, 1.54) is 6.42 Å². The van der Waals surface area contributed by atoms with E-state index >= 15 is 0 Å². The van der Waals surface area contributed by atoms with Gasteiger partial charge in [0.2, 0.25) is 0 Å². The van der Waals surface area contributed by atoms with Crippen molar-refractivity contribution in [2.45, 2.75) is 40.2 Å². The fourth-order valence-electron chi connectivity index (χ4n) is 1.16. The van der Waals surface area contributed by atoms with Crippen LogP contribution >= 0.6 is 0 Å². The highest BCUT2D eigenvalue weighted by atomic mass is 14.9. The van der Waals surface area contributed by atoms with Crippen LogP contribution in [0.4, 0.5) is 0 Å². The van der Waals surface area contributed by atoms with E-state index in [2.05, 4.69) is 39.6 Å². The lowest BCUT2D eigenvalue weighted by Gasteiger charge is -2.17. The third kappa shape index (κ3) is 6.41. The summed E-state index contributed by atoms with van der Waals surface area (Å²) in [5, 5.41) is 3.48. The molecule has 1 atom stereocenters. The van der Waals surface area contributed by atoms with E-state index < -0.39 is 0 Å². The quantitative estimate of drug-likeness (QED) is 0.603. The number of hydrogen-bond acceptors (Lipinski definition) is 1. The predicted molar refractivity (Wildman–Crippen MR) is 56.3 cm³/mol. The molecule has 0 heterocycles. The third-order valence-electron chi connectivity index (χ3n) is 1.80. The van der Waals surface area contributed by atoms with Gasteiger partial charge in [-0.15, -0.1) is 6.58 Å². The van der Waals surface area contributed by atoms with Gasteiger partial charge in [0.15, 0.2) is 0 Å². The monoisotopic (exact) mass is 169 g/mol. The molecule has 0 saturated carbocycles. The molecule has 0 unspecified atom stereocenters. The summed E-state index contributed by atoms with van der Waals surface area (Å²) in [6, 6.07) is 0.493. The van der Waals surface area contributed by atoms with Crippen LogP contribution in [-0.4, -0.2) is 12.6 Å². The SMILES string of the molecule is C=C[C@@H](CC(C)C)NCC(C)C. The minimum Gasteiger partial charge on any atom is -0.310 e. The van der Waals surface area contributed by atoms with Gasteiger partial charge in [-0.2, -0.15) is 0 Å². The molecule has 0 aromatic carbocycles. The van der Waals surface area contributed by atoms with Gasteiger partial charge in [-0.3, -0.25) is 0 Å². The molecule has 0 aliphatic heterocycles. The van der Waals surface area contributed by atoms with Crippen LogP contribution in [0.15, 0.2) is 12.7 Å². The molecular weight excluding hydrogens is 146 g/mol. The Hall–Kier alpha value is -0.300. The topological polar surface area (TPSA) is 12.0 Å². The zero-order valence-electron chi connectivity index (χ0n) is 8.93. The molecule has 0 aromatic rings. The van der Waals surface area contributed by atoms with Crippen LogP contribution in [0, 0.1) is 11.8 Å². The summed E-state index contributed by atoms with van der Waals surface area (Å²) in [4.78, 5) is 0. The maximum Gasteiger partial charge on any atom is 0.0249 e. The normalized spacial score (nSPS) is 13.8. The Bertz CT molecular complexity index is 116. The molecule has 0 saturated heterocycles. The van der Waals surface area contributed by atoms with Crippen LogP contribution in [-0.2, 0) is 0 Å². The van der Waals surface area contributed by atoms with E-state index in [1.54, 1.807) is 0 Å². The Labute approximate surface area is 77.2 Å². The van der Waals surface area contributed by atoms with Crippen molar-refractivity contribution >= 4 is 0 Å². The van der Waals surface area contributed by atoms with E-state index in [4.69, 9.17) is 0 Å². The molecule has 0 bridgehead atoms. The van der Waals surface area contributed by atoms with Crippen molar-refractivity contribution in [2.24, 2.45) is 11.8 Å². The molecule has 1 heteroatoms. The summed E-state index contributed by atoms with van der Waals surface area (Å²) >= 11 is 0. The van der Waals surface area contributed by atoms with Crippen molar-refractivity contribution in [3.8, 4) is 0 Å². The first-order chi connectivity index (χ1) is 5.56. The van der Waals surface area contributed by atoms with Crippen molar-refractivity contribution in [3.05, 3.63) is 12.7 Å². The van der Waals surface area contributed by atoms with Crippen LogP contribution in [0.3, 0.4) is 0 Å². The standard InChI is InChI=1S/C11H23N/c1-6-11(7-9(2)3)12-8-10(4)5/h6,9-12H,1,7-8H2,2-5H3/t11-/m0/s1. The van der Waals surface area contributed by atoms with Gasteiger partial charge in [-0.05, 0) is 24.8 Å². The van der Waals surface area contributed by atoms with E-state index in [1.807, 2.05) is 6.08 Å². The number of rotatable bonds is 6. The molecule has 0 rings (SSSR count). The minimum atomic E-state index is 0.493. The molecule has 0 spiro atoms. The highest BCUT2D eigenvalue weighted by Crippen LogP contribution is 2.05. The summed E-state index contributed by atoms with van der Waals surface area (Å²) < 4.78 is 0. The first-order valence-electron chi connectivity index (χ1n) is 4.92. The Balaban J connectivity index is 3.60. The van der Waals surface area contributed by atoms with Crippen LogP contribution in [0.2, 0.25) is 0 Å². The Morgan fingerprint density at radius 2 is 1.75 bits per heavy atom. The lowest BCUT2D eigenvalue weighted by atomic mass is 10.0. The summed E-state index contributed by atoms with van der Waals surface area (Å²) in [5.41, 5.74) is 0. The maximum atomic E-state index is 3.83. The molecule has 1 nitrogen and oxygen atoms in total. The molecule has 0 aliphatic carbocycles. The van der Waals surface area contributed by atoms with Crippen LogP contribution in [0.5, 0.6) is 0 Å². The molecule has 0 aromatic heterocycles. The molecular formula is C11H23N. The second-order valence-electron chi connectivity index (χ2n) is 4.27. The average molecular weight is 169 g/mol. The van der Waals surface area contributed by atoms with Gasteiger partial charge >= 0.3 is 0 Å². The molecule has 0 amide bonds. The highest BCUT2D eigenvalue weighted by Gasteiger charge is 2.05. The molecule has 0 radical (unpaired) electrons. The van der Waals surface area contributed by atoms with Crippen molar-refractivity contribution < 1.29 is 0 Å². The summed E-state index contributed by atoms with van der Waals surface area (Å²) in [6.45, 7) is 13.9. The fraction of sp³-hybridized carbons (Fsp3) is 0.818. The summed E-state index contributed by atoms with van der Waals surface area (Å²) in [5.74, 6) is 1.47. The van der Waals surface area contributed by atoms with Gasteiger partial charge in [0.25, 0.3) is 0 Å². The molecule has 72 valence electrons. The highest BCUT2D eigenvalue weighted by molar-refractivity contribution is 4.86. The van der Waals surface area contributed by atoms with Crippen LogP contribution in [0.1, 0.15) is 34.1 Å². The second kappa shape index (κ2) is 6.24. The number of nitrogens with one attached hydrogen (secondary N) is 1. The first-order valence-corrected chi connectivity index (χ1v) is 4.92. The molecule has 0 aliphatic rings. The molecule has 1 N–H and O–H groups in total. The van der Waals surface area contributed by atoms with Gasteiger partial charge in [-0.1, -0.05) is 33.8 Å². The summed E-state index contributed by atoms with van der Waals surface area (Å²) in [7, 11) is 0. The largest absolute Gasteiger partial charge is 0.310 e. The maximum absolute atomic E-state index is 3.83. The Kier molecular flexibility index (Phi) is 6.09. The Morgan fingerprint density at radius 1 is 1.17 bits per heavy atom. The van der Waals surface area contributed by atoms with E-state index in [0.717, 1.165) is 18.4 Å². The lowest BCUT2D eigenvalue weighted by Crippen LogP contribution is -2.31. The van der Waals surface area contributed by atoms with Crippen LogP contribution in [0.25, 0.3) is 0 Å². The average Bonchev–Trinajstić information content (AvgIpc) is 1.97. The van der Waals surface area contributed by atoms with Gasteiger partial charge in [0, 0.05) is 6.04 Å². The lowest BCUT2D eigenvalue weighted by molar-refractivity contribution is 0.443. The van der Waals surface area contributed by atoms with Gasteiger partial charge < -0.3 is 5.32 Å². The Morgan fingerprint density at radius 3 is 2.08 bits per heavy atom. The van der Waals surface area contributed by atoms with Crippen molar-refractivity contribution in [1.82, 2.24) is 5.32 Å². The van der Waals surface area contributed by atoms with E-state index in [0.29, 0.717) is 6.04 Å². The molecule has 0 fully saturated rings. The van der Waals surface area contributed by atoms with Crippen LogP contribution < -0.4 is 5.32 Å². The number of hydrogen-bond donors (Lipinski definition) is 1. The third-order valence-corrected chi connectivity index (χ3v) is 1.80. The van der Waals surface area contributed by atoms with Gasteiger partial charge in [0.1, 0.15) is 0 Å². The minimum absolute atomic E-state index is 0.493. The zero-order chi connectivity index (χ0) is 9.56. The zero-order valence-corrected chi connectivity index (χ0v) is 8.93. The van der Waals surface area contributed by atoms with E-state index in [9.17, 15) is 0 Å². The first kappa shape index (κ1) is 11.7. The van der Waals surface area contributed by atoms with Gasteiger partial charge in [-0.25, -0.2) is 0 Å². The van der Waals surface area contributed by atoms with Crippen molar-refractivity contribution in [1.29, 1.82) is 0 Å². The van der Waals surface area contributed by atoms with Crippen molar-refractivity contribution in [2.75, 3.05) is 6.54 Å². The second-order valence-corrected chi connectivity index (χ2v) is 4.27. The smallest absolute Gasteiger partial charge is 0.0249 e. The summed E-state index contributed by atoms with van der Waals surface area (Å²) in [6.07, 6.45) is 3.21. The van der Waals surface area contributed by atoms with Gasteiger partial charge in [0.05, 0.1) is 0 Å².